The van der Waals surface area contributed by atoms with Gasteiger partial charge in [-0.3, -0.25) is 4.79 Å². The second kappa shape index (κ2) is 5.79. The molecule has 0 aromatic carbocycles. The van der Waals surface area contributed by atoms with Gasteiger partial charge in [0.2, 0.25) is 11.8 Å². The lowest BCUT2D eigenvalue weighted by atomic mass is 10.0. The number of piperidine rings is 1. The first kappa shape index (κ1) is 13.4. The van der Waals surface area contributed by atoms with Crippen molar-refractivity contribution in [1.82, 2.24) is 10.3 Å². The van der Waals surface area contributed by atoms with E-state index < -0.39 is 0 Å². The maximum Gasteiger partial charge on any atom is 0.244 e. The zero-order chi connectivity index (χ0) is 13.9. The van der Waals surface area contributed by atoms with Crippen molar-refractivity contribution >= 4 is 11.6 Å². The number of rotatable bonds is 5. The van der Waals surface area contributed by atoms with Gasteiger partial charge in [-0.05, 0) is 38.7 Å². The van der Waals surface area contributed by atoms with E-state index in [1.807, 2.05) is 24.0 Å². The van der Waals surface area contributed by atoms with E-state index in [1.54, 1.807) is 6.20 Å². The molecule has 1 unspecified atom stereocenters. The Morgan fingerprint density at radius 2 is 2.25 bits per heavy atom. The number of carbonyl (C=O) groups is 1. The van der Waals surface area contributed by atoms with E-state index in [2.05, 4.69) is 10.3 Å². The molecule has 1 saturated heterocycles. The monoisotopic (exact) mass is 275 g/mol. The second-order valence-corrected chi connectivity index (χ2v) is 5.41. The summed E-state index contributed by atoms with van der Waals surface area (Å²) in [5.41, 5.74) is 0.862. The third-order valence-electron chi connectivity index (χ3n) is 3.78. The molecule has 1 aliphatic carbocycles. The van der Waals surface area contributed by atoms with Gasteiger partial charge in [0.05, 0.1) is 24.5 Å². The molecule has 1 aromatic heterocycles. The minimum absolute atomic E-state index is 0.0252. The predicted molar refractivity (Wildman–Crippen MR) is 76.9 cm³/mol. The van der Waals surface area contributed by atoms with Gasteiger partial charge in [0.15, 0.2) is 0 Å². The summed E-state index contributed by atoms with van der Waals surface area (Å²) in [5.74, 6) is 0.780. The molecule has 1 aromatic rings. The van der Waals surface area contributed by atoms with Gasteiger partial charge in [-0.1, -0.05) is 0 Å². The third kappa shape index (κ3) is 2.93. The van der Waals surface area contributed by atoms with E-state index >= 15 is 0 Å². The summed E-state index contributed by atoms with van der Waals surface area (Å²) < 4.78 is 5.33. The highest BCUT2D eigenvalue weighted by Gasteiger charge is 2.33. The molecule has 1 N–H and O–H groups in total. The summed E-state index contributed by atoms with van der Waals surface area (Å²) in [6.07, 6.45) is 6.10. The molecule has 2 aliphatic rings. The summed E-state index contributed by atoms with van der Waals surface area (Å²) in [6, 6.07) is 4.27. The van der Waals surface area contributed by atoms with Crippen LogP contribution >= 0.6 is 0 Å². The Balaban J connectivity index is 1.69. The maximum atomic E-state index is 12.5. The first-order valence-corrected chi connectivity index (χ1v) is 7.44. The summed E-state index contributed by atoms with van der Waals surface area (Å²) in [4.78, 5) is 18.6. The number of amides is 1. The zero-order valence-electron chi connectivity index (χ0n) is 11.8. The van der Waals surface area contributed by atoms with E-state index in [1.165, 1.54) is 12.8 Å². The van der Waals surface area contributed by atoms with Crippen molar-refractivity contribution in [3.8, 4) is 5.88 Å². The Bertz CT molecular complexity index is 471. The van der Waals surface area contributed by atoms with Crippen LogP contribution in [-0.4, -0.2) is 36.1 Å². The molecule has 2 heterocycles. The molecule has 20 heavy (non-hydrogen) atoms. The van der Waals surface area contributed by atoms with E-state index in [9.17, 15) is 4.79 Å². The smallest absolute Gasteiger partial charge is 0.244 e. The number of aromatic nitrogens is 1. The summed E-state index contributed by atoms with van der Waals surface area (Å²) in [7, 11) is 0. The van der Waals surface area contributed by atoms with Crippen LogP contribution in [0, 0.1) is 0 Å². The summed E-state index contributed by atoms with van der Waals surface area (Å²) >= 11 is 0. The quantitative estimate of drug-likeness (QED) is 0.889. The summed E-state index contributed by atoms with van der Waals surface area (Å²) in [5, 5.41) is 3.44. The molecule has 1 saturated carbocycles. The van der Waals surface area contributed by atoms with Gasteiger partial charge >= 0.3 is 0 Å². The van der Waals surface area contributed by atoms with E-state index in [0.717, 1.165) is 25.1 Å². The molecule has 3 rings (SSSR count). The highest BCUT2D eigenvalue weighted by molar-refractivity contribution is 5.97. The topological polar surface area (TPSA) is 54.5 Å². The molecule has 5 heteroatoms. The maximum absolute atomic E-state index is 12.5. The third-order valence-corrected chi connectivity index (χ3v) is 3.78. The molecule has 0 spiro atoms. The number of nitrogens with zero attached hydrogens (tertiary/aromatic N) is 2. The minimum atomic E-state index is -0.0252. The zero-order valence-corrected chi connectivity index (χ0v) is 11.8. The number of pyridine rings is 1. The van der Waals surface area contributed by atoms with Gasteiger partial charge in [0, 0.05) is 18.7 Å². The lowest BCUT2D eigenvalue weighted by molar-refractivity contribution is -0.121. The van der Waals surface area contributed by atoms with Crippen molar-refractivity contribution in [3.05, 3.63) is 18.3 Å². The van der Waals surface area contributed by atoms with Crippen LogP contribution in [-0.2, 0) is 4.79 Å². The Labute approximate surface area is 119 Å². The van der Waals surface area contributed by atoms with Gasteiger partial charge in [0.25, 0.3) is 0 Å². The van der Waals surface area contributed by atoms with Crippen LogP contribution in [0.25, 0.3) is 0 Å². The highest BCUT2D eigenvalue weighted by Crippen LogP contribution is 2.25. The van der Waals surface area contributed by atoms with Gasteiger partial charge < -0.3 is 15.0 Å². The lowest BCUT2D eigenvalue weighted by Crippen LogP contribution is -2.51. The molecular formula is C15H21N3O2. The number of hydrogen-bond acceptors (Lipinski definition) is 4. The number of hydrogen-bond donors (Lipinski definition) is 1. The van der Waals surface area contributed by atoms with Crippen molar-refractivity contribution < 1.29 is 9.53 Å². The van der Waals surface area contributed by atoms with Gasteiger partial charge in [-0.2, -0.15) is 0 Å². The van der Waals surface area contributed by atoms with Gasteiger partial charge in [0.1, 0.15) is 0 Å². The fourth-order valence-corrected chi connectivity index (χ4v) is 2.59. The fourth-order valence-electron chi connectivity index (χ4n) is 2.59. The first-order chi connectivity index (χ1) is 9.78. The van der Waals surface area contributed by atoms with Crippen molar-refractivity contribution in [2.45, 2.75) is 44.7 Å². The fraction of sp³-hybridized carbons (Fsp3) is 0.600. The highest BCUT2D eigenvalue weighted by atomic mass is 16.5. The molecule has 2 fully saturated rings. The van der Waals surface area contributed by atoms with Crippen LogP contribution in [0.4, 0.5) is 5.69 Å². The number of nitrogens with one attached hydrogen (secondary N) is 1. The van der Waals surface area contributed by atoms with Crippen LogP contribution < -0.4 is 15.0 Å². The second-order valence-electron chi connectivity index (χ2n) is 5.41. The number of ether oxygens (including phenoxy) is 1. The number of anilines is 1. The van der Waals surface area contributed by atoms with Crippen LogP contribution in [0.1, 0.15) is 32.6 Å². The molecule has 108 valence electrons. The molecule has 5 nitrogen and oxygen atoms in total. The minimum Gasteiger partial charge on any atom is -0.478 e. The normalized spacial score (nSPS) is 22.9. The van der Waals surface area contributed by atoms with Crippen molar-refractivity contribution in [1.29, 1.82) is 0 Å². The Morgan fingerprint density at radius 1 is 1.40 bits per heavy atom. The Morgan fingerprint density at radius 3 is 2.90 bits per heavy atom. The average molecular weight is 275 g/mol. The molecular weight excluding hydrogens is 254 g/mol. The van der Waals surface area contributed by atoms with E-state index in [0.29, 0.717) is 18.5 Å². The molecule has 1 atom stereocenters. The van der Waals surface area contributed by atoms with Crippen LogP contribution in [0.15, 0.2) is 18.3 Å². The van der Waals surface area contributed by atoms with Crippen LogP contribution in [0.5, 0.6) is 5.88 Å². The SMILES string of the molecule is CCOc1ccc(N2CCCC(NC3CC3)C2=O)cn1. The van der Waals surface area contributed by atoms with Crippen LogP contribution in [0.2, 0.25) is 0 Å². The standard InChI is InChI=1S/C15H21N3O2/c1-2-20-14-8-7-12(10-16-14)18-9-3-4-13(15(18)19)17-11-5-6-11/h7-8,10-11,13,17H,2-6,9H2,1H3. The van der Waals surface area contributed by atoms with Crippen molar-refractivity contribution in [3.63, 3.8) is 0 Å². The summed E-state index contributed by atoms with van der Waals surface area (Å²) in [6.45, 7) is 3.30. The molecule has 1 aliphatic heterocycles. The van der Waals surface area contributed by atoms with Gasteiger partial charge in [-0.15, -0.1) is 0 Å². The predicted octanol–water partition coefficient (Wildman–Crippen LogP) is 1.73. The lowest BCUT2D eigenvalue weighted by Gasteiger charge is -2.32. The van der Waals surface area contributed by atoms with Gasteiger partial charge in [-0.25, -0.2) is 4.98 Å². The number of carbonyl (C=O) groups excluding carboxylic acids is 1. The van der Waals surface area contributed by atoms with Crippen LogP contribution in [0.3, 0.4) is 0 Å². The molecule has 0 radical (unpaired) electrons. The largest absolute Gasteiger partial charge is 0.478 e. The Hall–Kier alpha value is -1.62. The molecule has 1 amide bonds. The van der Waals surface area contributed by atoms with E-state index in [-0.39, 0.29) is 11.9 Å². The molecule has 0 bridgehead atoms. The van der Waals surface area contributed by atoms with E-state index in [4.69, 9.17) is 4.74 Å². The average Bonchev–Trinajstić information content (AvgIpc) is 3.27. The van der Waals surface area contributed by atoms with Crippen molar-refractivity contribution in [2.75, 3.05) is 18.1 Å². The van der Waals surface area contributed by atoms with Crippen molar-refractivity contribution in [2.24, 2.45) is 0 Å². The Kier molecular flexibility index (Phi) is 3.87. The first-order valence-electron chi connectivity index (χ1n) is 7.44.